The van der Waals surface area contributed by atoms with Gasteiger partial charge < -0.3 is 4.90 Å². The second-order valence-corrected chi connectivity index (χ2v) is 6.96. The number of rotatable bonds is 3. The van der Waals surface area contributed by atoms with Gasteiger partial charge in [0.2, 0.25) is 5.91 Å². The predicted molar refractivity (Wildman–Crippen MR) is 108 cm³/mol. The minimum atomic E-state index is -0.379. The Kier molecular flexibility index (Phi) is 4.16. The number of fused-ring (bicyclic) bond motifs is 2. The SMILES string of the molecule is O=C(Cn1nnc2c(cnn2-c2ccccc2)c1=O)N1CCCc2ccccc21. The van der Waals surface area contributed by atoms with Gasteiger partial charge in [0.25, 0.3) is 5.56 Å². The van der Waals surface area contributed by atoms with Crippen molar-refractivity contribution in [3.63, 3.8) is 0 Å². The average Bonchev–Trinajstić information content (AvgIpc) is 3.21. The molecular formula is C21H18N6O2. The minimum Gasteiger partial charge on any atom is -0.311 e. The van der Waals surface area contributed by atoms with Gasteiger partial charge in [-0.05, 0) is 36.6 Å². The molecule has 144 valence electrons. The van der Waals surface area contributed by atoms with E-state index in [1.54, 1.807) is 9.58 Å². The van der Waals surface area contributed by atoms with E-state index >= 15 is 0 Å². The lowest BCUT2D eigenvalue weighted by atomic mass is 10.0. The summed E-state index contributed by atoms with van der Waals surface area (Å²) in [4.78, 5) is 27.5. The van der Waals surface area contributed by atoms with Crippen molar-refractivity contribution in [2.45, 2.75) is 19.4 Å². The van der Waals surface area contributed by atoms with Gasteiger partial charge in [-0.3, -0.25) is 9.59 Å². The highest BCUT2D eigenvalue weighted by molar-refractivity contribution is 5.94. The molecule has 0 bridgehead atoms. The Bertz CT molecular complexity index is 1260. The lowest BCUT2D eigenvalue weighted by molar-refractivity contribution is -0.119. The maximum atomic E-state index is 12.9. The van der Waals surface area contributed by atoms with Gasteiger partial charge in [-0.15, -0.1) is 5.10 Å². The van der Waals surface area contributed by atoms with E-state index in [0.29, 0.717) is 17.6 Å². The maximum Gasteiger partial charge on any atom is 0.281 e. The third-order valence-electron chi connectivity index (χ3n) is 5.15. The smallest absolute Gasteiger partial charge is 0.281 e. The summed E-state index contributed by atoms with van der Waals surface area (Å²) in [5, 5.41) is 12.8. The first-order chi connectivity index (χ1) is 14.2. The van der Waals surface area contributed by atoms with Gasteiger partial charge >= 0.3 is 0 Å². The normalized spacial score (nSPS) is 13.4. The first kappa shape index (κ1) is 17.3. The highest BCUT2D eigenvalue weighted by atomic mass is 16.2. The molecule has 0 N–H and O–H groups in total. The van der Waals surface area contributed by atoms with Crippen molar-refractivity contribution in [2.24, 2.45) is 0 Å². The van der Waals surface area contributed by atoms with Crippen LogP contribution >= 0.6 is 0 Å². The lowest BCUT2D eigenvalue weighted by Gasteiger charge is -2.29. The molecular weight excluding hydrogens is 368 g/mol. The number of nitrogens with zero attached hydrogens (tertiary/aromatic N) is 6. The molecule has 1 aliphatic heterocycles. The number of anilines is 1. The van der Waals surface area contributed by atoms with Crippen LogP contribution in [0.25, 0.3) is 16.7 Å². The molecule has 8 nitrogen and oxygen atoms in total. The highest BCUT2D eigenvalue weighted by Gasteiger charge is 2.23. The van der Waals surface area contributed by atoms with E-state index in [2.05, 4.69) is 15.4 Å². The number of para-hydroxylation sites is 2. The zero-order chi connectivity index (χ0) is 19.8. The number of hydrogen-bond acceptors (Lipinski definition) is 5. The van der Waals surface area contributed by atoms with E-state index in [0.717, 1.165) is 34.5 Å². The van der Waals surface area contributed by atoms with Crippen molar-refractivity contribution in [2.75, 3.05) is 11.4 Å². The van der Waals surface area contributed by atoms with Crippen LogP contribution in [-0.2, 0) is 17.8 Å². The van der Waals surface area contributed by atoms with Crippen molar-refractivity contribution in [1.29, 1.82) is 0 Å². The van der Waals surface area contributed by atoms with Crippen molar-refractivity contribution in [3.8, 4) is 5.69 Å². The van der Waals surface area contributed by atoms with Crippen LogP contribution in [0.3, 0.4) is 0 Å². The summed E-state index contributed by atoms with van der Waals surface area (Å²) >= 11 is 0. The summed E-state index contributed by atoms with van der Waals surface area (Å²) in [5.41, 5.74) is 2.83. The zero-order valence-electron chi connectivity index (χ0n) is 15.6. The van der Waals surface area contributed by atoms with Crippen LogP contribution in [0.15, 0.2) is 65.6 Å². The second-order valence-electron chi connectivity index (χ2n) is 6.96. The third kappa shape index (κ3) is 2.98. The molecule has 1 amide bonds. The lowest BCUT2D eigenvalue weighted by Crippen LogP contribution is -2.40. The quantitative estimate of drug-likeness (QED) is 0.537. The molecule has 5 rings (SSSR count). The molecule has 3 heterocycles. The molecule has 0 atom stereocenters. The van der Waals surface area contributed by atoms with Gasteiger partial charge in [-0.1, -0.05) is 41.6 Å². The van der Waals surface area contributed by atoms with Gasteiger partial charge in [0, 0.05) is 12.2 Å². The molecule has 0 saturated carbocycles. The number of aromatic nitrogens is 5. The summed E-state index contributed by atoms with van der Waals surface area (Å²) in [6.07, 6.45) is 3.31. The number of amides is 1. The number of benzene rings is 2. The van der Waals surface area contributed by atoms with Gasteiger partial charge in [0.15, 0.2) is 5.65 Å². The Labute approximate surface area is 166 Å². The molecule has 0 spiro atoms. The van der Waals surface area contributed by atoms with Crippen molar-refractivity contribution in [3.05, 3.63) is 76.7 Å². The largest absolute Gasteiger partial charge is 0.311 e. The van der Waals surface area contributed by atoms with Crippen molar-refractivity contribution in [1.82, 2.24) is 24.8 Å². The van der Waals surface area contributed by atoms with Gasteiger partial charge in [0.05, 0.1) is 11.9 Å². The Morgan fingerprint density at radius 3 is 2.69 bits per heavy atom. The summed E-state index contributed by atoms with van der Waals surface area (Å²) in [5.74, 6) is -0.177. The van der Waals surface area contributed by atoms with Gasteiger partial charge in [-0.25, -0.2) is 9.36 Å². The molecule has 4 aromatic rings. The summed E-state index contributed by atoms with van der Waals surface area (Å²) in [7, 11) is 0. The fourth-order valence-electron chi connectivity index (χ4n) is 3.73. The van der Waals surface area contributed by atoms with Crippen LogP contribution in [0.1, 0.15) is 12.0 Å². The number of aryl methyl sites for hydroxylation is 1. The Hall–Kier alpha value is -3.81. The second kappa shape index (κ2) is 6.97. The minimum absolute atomic E-state index is 0.160. The van der Waals surface area contributed by atoms with Crippen LogP contribution in [0.2, 0.25) is 0 Å². The fraction of sp³-hybridized carbons (Fsp3) is 0.190. The van der Waals surface area contributed by atoms with Crippen molar-refractivity contribution >= 4 is 22.6 Å². The molecule has 8 heteroatoms. The first-order valence-electron chi connectivity index (χ1n) is 9.47. The Balaban J connectivity index is 1.47. The van der Waals surface area contributed by atoms with Crippen LogP contribution in [-0.4, -0.2) is 37.2 Å². The summed E-state index contributed by atoms with van der Waals surface area (Å²) in [6, 6.07) is 17.3. The summed E-state index contributed by atoms with van der Waals surface area (Å²) < 4.78 is 2.68. The third-order valence-corrected chi connectivity index (χ3v) is 5.15. The molecule has 0 radical (unpaired) electrons. The Morgan fingerprint density at radius 1 is 1.03 bits per heavy atom. The molecule has 0 aliphatic carbocycles. The van der Waals surface area contributed by atoms with E-state index in [1.165, 1.54) is 6.20 Å². The van der Waals surface area contributed by atoms with Gasteiger partial charge in [-0.2, -0.15) is 5.10 Å². The molecule has 2 aromatic heterocycles. The molecule has 29 heavy (non-hydrogen) atoms. The molecule has 0 unspecified atom stereocenters. The van der Waals surface area contributed by atoms with E-state index in [9.17, 15) is 9.59 Å². The molecule has 1 aliphatic rings. The molecule has 0 saturated heterocycles. The van der Waals surface area contributed by atoms with Crippen LogP contribution in [0.4, 0.5) is 5.69 Å². The topological polar surface area (TPSA) is 85.9 Å². The van der Waals surface area contributed by atoms with E-state index < -0.39 is 0 Å². The standard InChI is InChI=1S/C21H18N6O2/c28-19(25-12-6-8-15-7-4-5-11-18(15)25)14-26-21(29)17-13-22-27(20(17)23-24-26)16-9-2-1-3-10-16/h1-5,7,9-11,13H,6,8,12,14H2. The number of carbonyl (C=O) groups is 1. The van der Waals surface area contributed by atoms with Crippen LogP contribution in [0.5, 0.6) is 0 Å². The fourth-order valence-corrected chi connectivity index (χ4v) is 3.73. The summed E-state index contributed by atoms with van der Waals surface area (Å²) in [6.45, 7) is 0.471. The number of carbonyl (C=O) groups excluding carboxylic acids is 1. The first-order valence-corrected chi connectivity index (χ1v) is 9.47. The van der Waals surface area contributed by atoms with E-state index in [4.69, 9.17) is 0 Å². The predicted octanol–water partition coefficient (Wildman–Crippen LogP) is 1.96. The zero-order valence-corrected chi connectivity index (χ0v) is 15.6. The molecule has 2 aromatic carbocycles. The maximum absolute atomic E-state index is 12.9. The van der Waals surface area contributed by atoms with Crippen molar-refractivity contribution < 1.29 is 4.79 Å². The number of hydrogen-bond donors (Lipinski definition) is 0. The Morgan fingerprint density at radius 2 is 1.83 bits per heavy atom. The average molecular weight is 386 g/mol. The van der Waals surface area contributed by atoms with Gasteiger partial charge in [0.1, 0.15) is 11.9 Å². The highest BCUT2D eigenvalue weighted by Crippen LogP contribution is 2.26. The van der Waals surface area contributed by atoms with E-state index in [-0.39, 0.29) is 18.0 Å². The van der Waals surface area contributed by atoms with Crippen LogP contribution < -0.4 is 10.5 Å². The van der Waals surface area contributed by atoms with E-state index in [1.807, 2.05) is 54.6 Å². The van der Waals surface area contributed by atoms with Crippen LogP contribution in [0, 0.1) is 0 Å². The molecule has 0 fully saturated rings. The monoisotopic (exact) mass is 386 g/mol.